The van der Waals surface area contributed by atoms with Gasteiger partial charge in [0.05, 0.1) is 27.7 Å². The average Bonchev–Trinajstić information content (AvgIpc) is 3.43. The van der Waals surface area contributed by atoms with Crippen molar-refractivity contribution < 1.29 is 51.6 Å². The minimum absolute atomic E-state index is 0.00740. The van der Waals surface area contributed by atoms with Crippen LogP contribution in [0, 0.1) is 13.8 Å². The molecule has 0 aliphatic heterocycles. The summed E-state index contributed by atoms with van der Waals surface area (Å²) in [6, 6.07) is 0. The van der Waals surface area contributed by atoms with Crippen LogP contribution in [0.1, 0.15) is 145 Å². The van der Waals surface area contributed by atoms with Gasteiger partial charge in [0.2, 0.25) is 0 Å². The first kappa shape index (κ1) is 53.2. The van der Waals surface area contributed by atoms with Crippen LogP contribution >= 0.6 is 7.82 Å². The average molecular weight is 837 g/mol. The summed E-state index contributed by atoms with van der Waals surface area (Å²) in [5.41, 5.74) is 2.56. The van der Waals surface area contributed by atoms with E-state index in [1.807, 2.05) is 27.2 Å². The number of aliphatic hydroxyl groups excluding tert-OH is 1. The lowest BCUT2D eigenvalue weighted by Crippen LogP contribution is -2.37. The maximum atomic E-state index is 12.7. The number of furan rings is 1. The molecule has 0 aliphatic carbocycles. The van der Waals surface area contributed by atoms with Crippen LogP contribution in [0.3, 0.4) is 0 Å². The van der Waals surface area contributed by atoms with Gasteiger partial charge >= 0.3 is 19.8 Å². The third-order valence-electron chi connectivity index (χ3n) is 9.59. The highest BCUT2D eigenvalue weighted by atomic mass is 31.2. The van der Waals surface area contributed by atoms with Crippen molar-refractivity contribution in [2.45, 2.75) is 155 Å². The molecule has 1 heterocycles. The highest BCUT2D eigenvalue weighted by Gasteiger charge is 2.27. The number of unbranched alkanes of at least 4 members (excludes halogenated alkanes) is 9. The van der Waals surface area contributed by atoms with Gasteiger partial charge in [-0.3, -0.25) is 18.6 Å². The first-order chi connectivity index (χ1) is 27.8. The fourth-order valence-corrected chi connectivity index (χ4v) is 6.66. The third kappa shape index (κ3) is 29.4. The van der Waals surface area contributed by atoms with Crippen LogP contribution in [-0.2, 0) is 45.5 Å². The zero-order chi connectivity index (χ0) is 42.9. The van der Waals surface area contributed by atoms with Crippen LogP contribution in [0.5, 0.6) is 0 Å². The monoisotopic (exact) mass is 837 g/mol. The van der Waals surface area contributed by atoms with Crippen LogP contribution in [-0.4, -0.2) is 86.6 Å². The van der Waals surface area contributed by atoms with E-state index in [0.717, 1.165) is 114 Å². The smallest absolute Gasteiger partial charge is 0.466 e. The second kappa shape index (κ2) is 33.0. The minimum Gasteiger partial charge on any atom is -0.466 e. The molecule has 1 unspecified atom stereocenters. The molecule has 2 atom stereocenters. The number of hydrogen-bond donors (Lipinski definition) is 2. The number of rotatable bonds is 36. The molecular formula is C46H79NO10P+. The van der Waals surface area contributed by atoms with Crippen LogP contribution in [0.4, 0.5) is 0 Å². The van der Waals surface area contributed by atoms with Gasteiger partial charge in [0, 0.05) is 32.3 Å². The summed E-state index contributed by atoms with van der Waals surface area (Å²) in [5.74, 6) is 1.31. The number of allylic oxidation sites excluding steroid dienone is 8. The number of nitrogens with zero attached hydrogens (tertiary/aromatic N) is 1. The molecule has 332 valence electrons. The van der Waals surface area contributed by atoms with Gasteiger partial charge in [-0.25, -0.2) is 4.57 Å². The Morgan fingerprint density at radius 2 is 1.22 bits per heavy atom. The van der Waals surface area contributed by atoms with E-state index in [2.05, 4.69) is 63.3 Å². The number of likely N-dealkylation sites (N-methyl/N-ethyl adjacent to an activating group) is 1. The standard InChI is InChI=1S/C46H78NO10P/c1-7-31-43-40(2)41(3)44(57-43)32-27-23-20-21-25-29-34-46(50)56-42(39-55-58(51,52)54-37-35-47(4,5)6)38-53-45(49)33-28-24-19-17-15-13-11-9-8-10-12-14-16-18-22-26-30-36-48/h8,10-11,13-14,16-17,19,42,48H,7,9,12,15,18,20-39H2,1-6H3/p+1/b10-8-,13-11-,16-14-,19-17-/t42-/m1/s1. The quantitative estimate of drug-likeness (QED) is 0.0221. The third-order valence-corrected chi connectivity index (χ3v) is 10.6. The van der Waals surface area contributed by atoms with E-state index in [9.17, 15) is 19.0 Å². The molecule has 0 aliphatic rings. The summed E-state index contributed by atoms with van der Waals surface area (Å²) in [5, 5.41) is 8.80. The second-order valence-corrected chi connectivity index (χ2v) is 17.5. The molecule has 2 N–H and O–H groups in total. The van der Waals surface area contributed by atoms with Crippen molar-refractivity contribution in [3.63, 3.8) is 0 Å². The van der Waals surface area contributed by atoms with Crippen molar-refractivity contribution in [2.24, 2.45) is 0 Å². The van der Waals surface area contributed by atoms with Crippen molar-refractivity contribution in [3.05, 3.63) is 71.3 Å². The zero-order valence-electron chi connectivity index (χ0n) is 36.9. The van der Waals surface area contributed by atoms with Gasteiger partial charge in [0.1, 0.15) is 31.3 Å². The summed E-state index contributed by atoms with van der Waals surface area (Å²) >= 11 is 0. The maximum Gasteiger partial charge on any atom is 0.472 e. The van der Waals surface area contributed by atoms with Crippen molar-refractivity contribution in [2.75, 3.05) is 54.1 Å². The molecular weight excluding hydrogens is 757 g/mol. The Kier molecular flexibility index (Phi) is 30.3. The topological polar surface area (TPSA) is 142 Å². The van der Waals surface area contributed by atoms with E-state index in [4.69, 9.17) is 28.0 Å². The lowest BCUT2D eigenvalue weighted by molar-refractivity contribution is -0.870. The van der Waals surface area contributed by atoms with Crippen LogP contribution < -0.4 is 0 Å². The molecule has 0 aromatic carbocycles. The molecule has 1 aromatic heterocycles. The van der Waals surface area contributed by atoms with Crippen LogP contribution in [0.15, 0.2) is 53.0 Å². The Balaban J connectivity index is 2.40. The predicted molar refractivity (Wildman–Crippen MR) is 233 cm³/mol. The molecule has 0 saturated carbocycles. The molecule has 1 aromatic rings. The fraction of sp³-hybridized carbons (Fsp3) is 0.696. The number of carbonyl (C=O) groups is 2. The SMILES string of the molecule is CCCc1oc(CCCCCCCCC(=O)O[C@H](COC(=O)CCC/C=C\C/C=C\C/C=C\C/C=C\CCCCCO)COP(=O)(O)OCC[N+](C)(C)C)c(C)c1C. The number of aliphatic hydroxyl groups is 1. The summed E-state index contributed by atoms with van der Waals surface area (Å²) in [4.78, 5) is 35.4. The second-order valence-electron chi connectivity index (χ2n) is 16.0. The van der Waals surface area contributed by atoms with Gasteiger partial charge in [-0.1, -0.05) is 87.6 Å². The summed E-state index contributed by atoms with van der Waals surface area (Å²) < 4.78 is 40.4. The van der Waals surface area contributed by atoms with E-state index >= 15 is 0 Å². The number of quaternary nitrogens is 1. The van der Waals surface area contributed by atoms with Crippen LogP contribution in [0.2, 0.25) is 0 Å². The van der Waals surface area contributed by atoms with E-state index in [-0.39, 0.29) is 32.7 Å². The van der Waals surface area contributed by atoms with Gasteiger partial charge in [-0.15, -0.1) is 0 Å². The summed E-state index contributed by atoms with van der Waals surface area (Å²) in [6.45, 7) is 6.50. The molecule has 1 rings (SSSR count). The molecule has 12 heteroatoms. The van der Waals surface area contributed by atoms with Crippen molar-refractivity contribution >= 4 is 19.8 Å². The zero-order valence-corrected chi connectivity index (χ0v) is 37.8. The Hall–Kier alpha value is -2.79. The van der Waals surface area contributed by atoms with E-state index < -0.39 is 32.5 Å². The maximum absolute atomic E-state index is 12.7. The molecule has 0 saturated heterocycles. The Morgan fingerprint density at radius 1 is 0.690 bits per heavy atom. The van der Waals surface area contributed by atoms with Gasteiger partial charge in [-0.2, -0.15) is 0 Å². The van der Waals surface area contributed by atoms with E-state index in [1.54, 1.807) is 0 Å². The van der Waals surface area contributed by atoms with Crippen LogP contribution in [0.25, 0.3) is 0 Å². The minimum atomic E-state index is -4.41. The first-order valence-electron chi connectivity index (χ1n) is 21.8. The number of esters is 2. The lowest BCUT2D eigenvalue weighted by atomic mass is 10.0. The van der Waals surface area contributed by atoms with Gasteiger partial charge in [0.15, 0.2) is 6.10 Å². The van der Waals surface area contributed by atoms with Gasteiger partial charge < -0.3 is 28.4 Å². The number of phosphoric ester groups is 1. The molecule has 11 nitrogen and oxygen atoms in total. The fourth-order valence-electron chi connectivity index (χ4n) is 5.91. The van der Waals surface area contributed by atoms with Crippen molar-refractivity contribution in [1.29, 1.82) is 0 Å². The summed E-state index contributed by atoms with van der Waals surface area (Å²) in [6.07, 6.45) is 33.3. The molecule has 0 spiro atoms. The number of ether oxygens (including phenoxy) is 2. The highest BCUT2D eigenvalue weighted by molar-refractivity contribution is 7.47. The van der Waals surface area contributed by atoms with E-state index in [1.165, 1.54) is 11.1 Å². The van der Waals surface area contributed by atoms with Crippen molar-refractivity contribution in [1.82, 2.24) is 0 Å². The lowest BCUT2D eigenvalue weighted by Gasteiger charge is -2.24. The Bertz CT molecular complexity index is 1410. The normalized spacial score (nSPS) is 14.0. The Morgan fingerprint density at radius 3 is 1.83 bits per heavy atom. The highest BCUT2D eigenvalue weighted by Crippen LogP contribution is 2.43. The largest absolute Gasteiger partial charge is 0.472 e. The molecule has 0 amide bonds. The summed E-state index contributed by atoms with van der Waals surface area (Å²) in [7, 11) is 1.39. The molecule has 0 bridgehead atoms. The molecule has 0 fully saturated rings. The number of phosphoric acid groups is 1. The van der Waals surface area contributed by atoms with Crippen molar-refractivity contribution in [3.8, 4) is 0 Å². The number of aryl methyl sites for hydroxylation is 2. The molecule has 58 heavy (non-hydrogen) atoms. The predicted octanol–water partition coefficient (Wildman–Crippen LogP) is 10.5. The Labute approximate surface area is 351 Å². The molecule has 0 radical (unpaired) electrons. The number of hydrogen-bond acceptors (Lipinski definition) is 9. The number of carbonyl (C=O) groups excluding carboxylic acids is 2. The first-order valence-corrected chi connectivity index (χ1v) is 23.3. The van der Waals surface area contributed by atoms with E-state index in [0.29, 0.717) is 23.9 Å². The van der Waals surface area contributed by atoms with Gasteiger partial charge in [0.25, 0.3) is 0 Å². The van der Waals surface area contributed by atoms with Gasteiger partial charge in [-0.05, 0) is 95.6 Å².